The van der Waals surface area contributed by atoms with E-state index in [4.69, 9.17) is 31.9 Å². The first-order valence-corrected chi connectivity index (χ1v) is 4.79. The van der Waals surface area contributed by atoms with Crippen molar-refractivity contribution in [2.75, 3.05) is 20.8 Å². The molecule has 0 radical (unpaired) electrons. The molecule has 1 aromatic rings. The van der Waals surface area contributed by atoms with Crippen LogP contribution in [0.5, 0.6) is 11.5 Å². The number of methoxy groups -OCH3 is 2. The van der Waals surface area contributed by atoms with E-state index in [0.717, 1.165) is 0 Å². The molecular formula is C10H14ClNO3. The molecule has 0 heterocycles. The highest BCUT2D eigenvalue weighted by Crippen LogP contribution is 2.35. The van der Waals surface area contributed by atoms with Crippen LogP contribution in [0.25, 0.3) is 0 Å². The highest BCUT2D eigenvalue weighted by Gasteiger charge is 2.16. The van der Waals surface area contributed by atoms with E-state index in [0.29, 0.717) is 22.1 Å². The summed E-state index contributed by atoms with van der Waals surface area (Å²) in [4.78, 5) is 0. The van der Waals surface area contributed by atoms with E-state index in [1.165, 1.54) is 14.2 Å². The van der Waals surface area contributed by atoms with Gasteiger partial charge in [-0.05, 0) is 6.07 Å². The normalized spacial score (nSPS) is 12.3. The Bertz CT molecular complexity index is 344. The first-order valence-electron chi connectivity index (χ1n) is 4.41. The Hall–Kier alpha value is -0.970. The van der Waals surface area contributed by atoms with Gasteiger partial charge in [0.15, 0.2) is 0 Å². The standard InChI is InChI=1S/C10H14ClNO3/c1-14-6-3-7(9(12)5-13)10(15-2)8(11)4-6/h3-4,9,13H,5,12H2,1-2H3. The summed E-state index contributed by atoms with van der Waals surface area (Å²) in [6.45, 7) is -0.181. The van der Waals surface area contributed by atoms with Gasteiger partial charge in [0, 0.05) is 11.6 Å². The molecule has 0 fully saturated rings. The Kier molecular flexibility index (Phi) is 4.20. The van der Waals surface area contributed by atoms with Crippen LogP contribution in [0, 0.1) is 0 Å². The summed E-state index contributed by atoms with van der Waals surface area (Å²) < 4.78 is 10.2. The van der Waals surface area contributed by atoms with Crippen molar-refractivity contribution in [1.29, 1.82) is 0 Å². The number of aliphatic hydroxyl groups is 1. The van der Waals surface area contributed by atoms with Crippen molar-refractivity contribution in [3.8, 4) is 11.5 Å². The van der Waals surface area contributed by atoms with Gasteiger partial charge in [0.05, 0.1) is 31.9 Å². The quantitative estimate of drug-likeness (QED) is 0.821. The minimum absolute atomic E-state index is 0.181. The molecule has 3 N–H and O–H groups in total. The summed E-state index contributed by atoms with van der Waals surface area (Å²) in [6, 6.07) is 2.80. The van der Waals surface area contributed by atoms with Crippen molar-refractivity contribution in [1.82, 2.24) is 0 Å². The van der Waals surface area contributed by atoms with Crippen LogP contribution >= 0.6 is 11.6 Å². The maximum Gasteiger partial charge on any atom is 0.142 e. The van der Waals surface area contributed by atoms with E-state index < -0.39 is 6.04 Å². The predicted molar refractivity (Wildman–Crippen MR) is 58.6 cm³/mol. The van der Waals surface area contributed by atoms with Crippen LogP contribution in [0.3, 0.4) is 0 Å². The summed E-state index contributed by atoms with van der Waals surface area (Å²) in [5.74, 6) is 1.05. The van der Waals surface area contributed by atoms with Gasteiger partial charge in [-0.15, -0.1) is 0 Å². The SMILES string of the molecule is COc1cc(Cl)c(OC)c(C(N)CO)c1. The molecule has 0 aliphatic heterocycles. The average molecular weight is 232 g/mol. The number of hydrogen-bond acceptors (Lipinski definition) is 4. The van der Waals surface area contributed by atoms with Gasteiger partial charge in [0.2, 0.25) is 0 Å². The monoisotopic (exact) mass is 231 g/mol. The van der Waals surface area contributed by atoms with Crippen molar-refractivity contribution in [2.45, 2.75) is 6.04 Å². The van der Waals surface area contributed by atoms with Crippen LogP contribution in [0.15, 0.2) is 12.1 Å². The van der Waals surface area contributed by atoms with Crippen molar-refractivity contribution in [3.05, 3.63) is 22.7 Å². The molecule has 0 aliphatic rings. The zero-order chi connectivity index (χ0) is 11.4. The fourth-order valence-corrected chi connectivity index (χ4v) is 1.59. The second kappa shape index (κ2) is 5.21. The molecule has 0 saturated carbocycles. The van der Waals surface area contributed by atoms with Crippen LogP contribution < -0.4 is 15.2 Å². The van der Waals surface area contributed by atoms with Crippen molar-refractivity contribution in [3.63, 3.8) is 0 Å². The number of aliphatic hydroxyl groups excluding tert-OH is 1. The second-order valence-corrected chi connectivity index (χ2v) is 3.43. The minimum atomic E-state index is -0.535. The lowest BCUT2D eigenvalue weighted by atomic mass is 10.1. The van der Waals surface area contributed by atoms with Crippen molar-refractivity contribution < 1.29 is 14.6 Å². The van der Waals surface area contributed by atoms with E-state index in [9.17, 15) is 0 Å². The molecule has 0 aromatic heterocycles. The van der Waals surface area contributed by atoms with E-state index in [-0.39, 0.29) is 6.61 Å². The zero-order valence-electron chi connectivity index (χ0n) is 8.66. The van der Waals surface area contributed by atoms with Crippen LogP contribution in [0.4, 0.5) is 0 Å². The molecule has 4 nitrogen and oxygen atoms in total. The minimum Gasteiger partial charge on any atom is -0.497 e. The molecule has 1 atom stereocenters. The number of nitrogens with two attached hydrogens (primary N) is 1. The third kappa shape index (κ3) is 2.53. The molecular weight excluding hydrogens is 218 g/mol. The third-order valence-corrected chi connectivity index (χ3v) is 2.36. The first-order chi connectivity index (χ1) is 7.13. The Labute approximate surface area is 93.6 Å². The fraction of sp³-hybridized carbons (Fsp3) is 0.400. The molecule has 0 amide bonds. The van der Waals surface area contributed by atoms with E-state index >= 15 is 0 Å². The maximum atomic E-state index is 9.00. The lowest BCUT2D eigenvalue weighted by Gasteiger charge is -2.16. The van der Waals surface area contributed by atoms with Gasteiger partial charge in [-0.1, -0.05) is 11.6 Å². The van der Waals surface area contributed by atoms with Gasteiger partial charge in [0.1, 0.15) is 11.5 Å². The smallest absolute Gasteiger partial charge is 0.142 e. The fourth-order valence-electron chi connectivity index (χ4n) is 1.30. The van der Waals surface area contributed by atoms with Crippen LogP contribution in [0.1, 0.15) is 11.6 Å². The van der Waals surface area contributed by atoms with Crippen molar-refractivity contribution >= 4 is 11.6 Å². The van der Waals surface area contributed by atoms with Gasteiger partial charge in [-0.25, -0.2) is 0 Å². The van der Waals surface area contributed by atoms with E-state index in [1.54, 1.807) is 12.1 Å². The van der Waals surface area contributed by atoms with E-state index in [2.05, 4.69) is 0 Å². The zero-order valence-corrected chi connectivity index (χ0v) is 9.41. The van der Waals surface area contributed by atoms with E-state index in [1.807, 2.05) is 0 Å². The first kappa shape index (κ1) is 12.1. The molecule has 5 heteroatoms. The topological polar surface area (TPSA) is 64.7 Å². The Morgan fingerprint density at radius 3 is 2.53 bits per heavy atom. The molecule has 84 valence electrons. The van der Waals surface area contributed by atoms with Gasteiger partial charge in [-0.3, -0.25) is 0 Å². The maximum absolute atomic E-state index is 9.00. The van der Waals surface area contributed by atoms with Gasteiger partial charge < -0.3 is 20.3 Å². The number of ether oxygens (including phenoxy) is 2. The molecule has 0 spiro atoms. The summed E-state index contributed by atoms with van der Waals surface area (Å²) in [5.41, 5.74) is 6.35. The lowest BCUT2D eigenvalue weighted by molar-refractivity contribution is 0.264. The highest BCUT2D eigenvalue weighted by atomic mass is 35.5. The molecule has 0 saturated heterocycles. The highest BCUT2D eigenvalue weighted by molar-refractivity contribution is 6.32. The molecule has 15 heavy (non-hydrogen) atoms. The molecule has 0 aliphatic carbocycles. The van der Waals surface area contributed by atoms with Gasteiger partial charge in [0.25, 0.3) is 0 Å². The number of rotatable bonds is 4. The summed E-state index contributed by atoms with van der Waals surface area (Å²) in [6.07, 6.45) is 0. The average Bonchev–Trinajstić information content (AvgIpc) is 2.26. The summed E-state index contributed by atoms with van der Waals surface area (Å²) in [5, 5.41) is 9.41. The third-order valence-electron chi connectivity index (χ3n) is 2.08. The predicted octanol–water partition coefficient (Wildman–Crippen LogP) is 1.35. The van der Waals surface area contributed by atoms with Crippen LogP contribution in [0.2, 0.25) is 5.02 Å². The largest absolute Gasteiger partial charge is 0.497 e. The van der Waals surface area contributed by atoms with Crippen LogP contribution in [-0.4, -0.2) is 25.9 Å². The Morgan fingerprint density at radius 1 is 1.40 bits per heavy atom. The molecule has 0 bridgehead atoms. The van der Waals surface area contributed by atoms with Gasteiger partial charge >= 0.3 is 0 Å². The summed E-state index contributed by atoms with van der Waals surface area (Å²) >= 11 is 5.97. The number of hydrogen-bond donors (Lipinski definition) is 2. The number of benzene rings is 1. The van der Waals surface area contributed by atoms with Crippen LogP contribution in [-0.2, 0) is 0 Å². The molecule has 1 unspecified atom stereocenters. The van der Waals surface area contributed by atoms with Crippen molar-refractivity contribution in [2.24, 2.45) is 5.73 Å². The van der Waals surface area contributed by atoms with Gasteiger partial charge in [-0.2, -0.15) is 0 Å². The molecule has 1 rings (SSSR count). The summed E-state index contributed by atoms with van der Waals surface area (Å²) in [7, 11) is 3.04. The Morgan fingerprint density at radius 2 is 2.07 bits per heavy atom. The second-order valence-electron chi connectivity index (χ2n) is 3.02. The lowest BCUT2D eigenvalue weighted by Crippen LogP contribution is -2.15. The number of halogens is 1. The Balaban J connectivity index is 3.25. The molecule has 1 aromatic carbocycles.